The second-order valence-electron chi connectivity index (χ2n) is 3.46. The normalized spacial score (nSPS) is 10.9. The van der Waals surface area contributed by atoms with Gasteiger partial charge < -0.3 is 15.6 Å². The summed E-state index contributed by atoms with van der Waals surface area (Å²) in [4.78, 5) is 7.76. The highest BCUT2D eigenvalue weighted by atomic mass is 16.6. The molecule has 0 radical (unpaired) electrons. The Hall–Kier alpha value is -1.96. The maximum absolute atomic E-state index is 8.62. The summed E-state index contributed by atoms with van der Waals surface area (Å²) in [6, 6.07) is 0. The number of nitrogens with zero attached hydrogens (tertiary/aromatic N) is 4. The molecule has 17 heavy (non-hydrogen) atoms. The lowest BCUT2D eigenvalue weighted by Gasteiger charge is -2.04. The molecule has 0 spiro atoms. The highest BCUT2D eigenvalue weighted by Crippen LogP contribution is 2.19. The second-order valence-corrected chi connectivity index (χ2v) is 3.46. The van der Waals surface area contributed by atoms with E-state index < -0.39 is 0 Å². The van der Waals surface area contributed by atoms with Crippen molar-refractivity contribution in [3.8, 4) is 5.88 Å². The zero-order valence-corrected chi connectivity index (χ0v) is 9.17. The number of hydrogen-bond donors (Lipinski definition) is 2. The number of nitrogen functional groups attached to an aromatic ring is 1. The number of nitrogens with two attached hydrogens (primary N) is 1. The smallest absolute Gasteiger partial charge is 0.251 e. The molecule has 2 heterocycles. The van der Waals surface area contributed by atoms with Gasteiger partial charge in [-0.25, -0.2) is 4.63 Å². The Balaban J connectivity index is 2.00. The largest absolute Gasteiger partial charge is 0.476 e. The van der Waals surface area contributed by atoms with Gasteiger partial charge in [0, 0.05) is 6.61 Å². The fourth-order valence-electron chi connectivity index (χ4n) is 1.34. The average molecular weight is 239 g/mol. The summed E-state index contributed by atoms with van der Waals surface area (Å²) in [6.45, 7) is 0.663. The quantitative estimate of drug-likeness (QED) is 0.682. The van der Waals surface area contributed by atoms with E-state index in [-0.39, 0.29) is 24.1 Å². The van der Waals surface area contributed by atoms with Crippen LogP contribution >= 0.6 is 0 Å². The van der Waals surface area contributed by atoms with Crippen LogP contribution in [0.3, 0.4) is 0 Å². The number of aromatic nitrogens is 4. The molecule has 0 bridgehead atoms. The van der Waals surface area contributed by atoms with Crippen molar-refractivity contribution in [2.75, 3.05) is 18.9 Å². The first kappa shape index (κ1) is 11.5. The summed E-state index contributed by atoms with van der Waals surface area (Å²) in [5.74, 6) is 0.344. The van der Waals surface area contributed by atoms with Crippen LogP contribution in [0.5, 0.6) is 5.88 Å². The van der Waals surface area contributed by atoms with Gasteiger partial charge in [0.25, 0.3) is 5.88 Å². The minimum atomic E-state index is 0.0681. The van der Waals surface area contributed by atoms with Gasteiger partial charge in [-0.05, 0) is 29.6 Å². The van der Waals surface area contributed by atoms with E-state index in [0.717, 1.165) is 19.3 Å². The Bertz CT molecular complexity index is 486. The molecule has 0 fully saturated rings. The lowest BCUT2D eigenvalue weighted by molar-refractivity contribution is 0.263. The Morgan fingerprint density at radius 3 is 2.88 bits per heavy atom. The zero-order chi connectivity index (χ0) is 12.1. The lowest BCUT2D eigenvalue weighted by atomic mass is 10.2. The van der Waals surface area contributed by atoms with Crippen molar-refractivity contribution in [2.45, 2.75) is 19.3 Å². The molecule has 3 N–H and O–H groups in total. The van der Waals surface area contributed by atoms with E-state index in [1.54, 1.807) is 0 Å². The van der Waals surface area contributed by atoms with Crippen LogP contribution in [-0.2, 0) is 0 Å². The molecule has 0 aromatic carbocycles. The summed E-state index contributed by atoms with van der Waals surface area (Å²) in [7, 11) is 0. The molecule has 8 heteroatoms. The third-order valence-corrected chi connectivity index (χ3v) is 2.15. The third-order valence-electron chi connectivity index (χ3n) is 2.15. The molecule has 0 atom stereocenters. The Morgan fingerprint density at radius 1 is 1.18 bits per heavy atom. The van der Waals surface area contributed by atoms with Gasteiger partial charge in [-0.15, -0.1) is 0 Å². The van der Waals surface area contributed by atoms with Gasteiger partial charge in [-0.2, -0.15) is 9.97 Å². The van der Waals surface area contributed by atoms with Gasteiger partial charge in [0.05, 0.1) is 6.61 Å². The molecule has 0 saturated heterocycles. The predicted octanol–water partition coefficient (Wildman–Crippen LogP) is 0.136. The maximum Gasteiger partial charge on any atom is 0.251 e. The number of ether oxygens (including phenoxy) is 1. The van der Waals surface area contributed by atoms with Gasteiger partial charge in [0.15, 0.2) is 0 Å². The first-order valence-electron chi connectivity index (χ1n) is 5.30. The summed E-state index contributed by atoms with van der Waals surface area (Å²) in [5.41, 5.74) is 6.13. The molecule has 0 aliphatic carbocycles. The first-order chi connectivity index (χ1) is 8.31. The molecule has 0 saturated carbocycles. The summed E-state index contributed by atoms with van der Waals surface area (Å²) < 4.78 is 9.96. The summed E-state index contributed by atoms with van der Waals surface area (Å²) in [6.07, 6.45) is 2.46. The molecule has 0 aliphatic heterocycles. The zero-order valence-electron chi connectivity index (χ0n) is 9.17. The average Bonchev–Trinajstić information content (AvgIpc) is 2.76. The van der Waals surface area contributed by atoms with E-state index in [2.05, 4.69) is 24.9 Å². The first-order valence-corrected chi connectivity index (χ1v) is 5.30. The SMILES string of the molecule is Nc1nc(OCCCCCO)c2nonc2n1. The van der Waals surface area contributed by atoms with E-state index >= 15 is 0 Å². The van der Waals surface area contributed by atoms with Crippen molar-refractivity contribution in [3.05, 3.63) is 0 Å². The van der Waals surface area contributed by atoms with Gasteiger partial charge in [-0.1, -0.05) is 0 Å². The lowest BCUT2D eigenvalue weighted by Crippen LogP contribution is -2.03. The van der Waals surface area contributed by atoms with Crippen molar-refractivity contribution < 1.29 is 14.5 Å². The maximum atomic E-state index is 8.62. The molecule has 2 aromatic rings. The van der Waals surface area contributed by atoms with Crippen LogP contribution in [0.25, 0.3) is 11.2 Å². The van der Waals surface area contributed by atoms with Crippen LogP contribution in [0.2, 0.25) is 0 Å². The summed E-state index contributed by atoms with van der Waals surface area (Å²) in [5, 5.41) is 15.8. The fraction of sp³-hybridized carbons (Fsp3) is 0.556. The van der Waals surface area contributed by atoms with Gasteiger partial charge in [0.1, 0.15) is 0 Å². The van der Waals surface area contributed by atoms with Crippen molar-refractivity contribution in [1.82, 2.24) is 20.3 Å². The molecular formula is C9H13N5O3. The molecule has 92 valence electrons. The topological polar surface area (TPSA) is 120 Å². The minimum absolute atomic E-state index is 0.0681. The van der Waals surface area contributed by atoms with Crippen LogP contribution in [-0.4, -0.2) is 38.6 Å². The van der Waals surface area contributed by atoms with Crippen molar-refractivity contribution >= 4 is 17.1 Å². The highest BCUT2D eigenvalue weighted by molar-refractivity contribution is 5.75. The molecule has 2 aromatic heterocycles. The highest BCUT2D eigenvalue weighted by Gasteiger charge is 2.12. The number of aliphatic hydroxyl groups is 1. The Morgan fingerprint density at radius 2 is 2.06 bits per heavy atom. The van der Waals surface area contributed by atoms with E-state index in [4.69, 9.17) is 15.6 Å². The molecule has 2 rings (SSSR count). The van der Waals surface area contributed by atoms with Crippen molar-refractivity contribution in [2.24, 2.45) is 0 Å². The van der Waals surface area contributed by atoms with Crippen molar-refractivity contribution in [1.29, 1.82) is 0 Å². The van der Waals surface area contributed by atoms with E-state index in [1.165, 1.54) is 0 Å². The van der Waals surface area contributed by atoms with Crippen LogP contribution in [0.4, 0.5) is 5.95 Å². The Labute approximate surface area is 96.8 Å². The fourth-order valence-corrected chi connectivity index (χ4v) is 1.34. The van der Waals surface area contributed by atoms with Crippen LogP contribution in [0.1, 0.15) is 19.3 Å². The number of hydrogen-bond acceptors (Lipinski definition) is 8. The number of unbranched alkanes of at least 4 members (excludes halogenated alkanes) is 2. The Kier molecular flexibility index (Phi) is 3.66. The second kappa shape index (κ2) is 5.39. The van der Waals surface area contributed by atoms with Gasteiger partial charge >= 0.3 is 0 Å². The number of fused-ring (bicyclic) bond motifs is 1. The van der Waals surface area contributed by atoms with Crippen LogP contribution in [0, 0.1) is 0 Å². The number of anilines is 1. The third kappa shape index (κ3) is 2.78. The van der Waals surface area contributed by atoms with Crippen LogP contribution in [0.15, 0.2) is 4.63 Å². The molecule has 0 amide bonds. The van der Waals surface area contributed by atoms with E-state index in [9.17, 15) is 0 Å². The minimum Gasteiger partial charge on any atom is -0.476 e. The number of rotatable bonds is 6. The van der Waals surface area contributed by atoms with E-state index in [0.29, 0.717) is 12.1 Å². The van der Waals surface area contributed by atoms with Crippen molar-refractivity contribution in [3.63, 3.8) is 0 Å². The predicted molar refractivity (Wildman–Crippen MR) is 58.2 cm³/mol. The molecule has 0 aliphatic rings. The van der Waals surface area contributed by atoms with Gasteiger partial charge in [0.2, 0.25) is 17.1 Å². The van der Waals surface area contributed by atoms with Gasteiger partial charge in [-0.3, -0.25) is 0 Å². The summed E-state index contributed by atoms with van der Waals surface area (Å²) >= 11 is 0. The van der Waals surface area contributed by atoms with Crippen LogP contribution < -0.4 is 10.5 Å². The monoisotopic (exact) mass is 239 g/mol. The molecule has 0 unspecified atom stereocenters. The molecular weight excluding hydrogens is 226 g/mol. The molecule has 8 nitrogen and oxygen atoms in total. The standard InChI is InChI=1S/C9H13N5O3/c10-9-11-7-6(13-17-14-7)8(12-9)16-5-3-1-2-4-15/h15H,1-5H2,(H2,10,11,14). The number of aliphatic hydroxyl groups excluding tert-OH is 1. The van der Waals surface area contributed by atoms with E-state index in [1.807, 2.05) is 0 Å².